The molecule has 1 N–H and O–H groups in total. The van der Waals surface area contributed by atoms with E-state index in [9.17, 15) is 0 Å². The van der Waals surface area contributed by atoms with Gasteiger partial charge in [-0.2, -0.15) is 0 Å². The molecule has 0 aliphatic rings. The lowest BCUT2D eigenvalue weighted by atomic mass is 10.8. The molecule has 38 valence electrons. The Bertz CT molecular complexity index is 84.1. The summed E-state index contributed by atoms with van der Waals surface area (Å²) in [6.45, 7) is 6.63. The Kier molecular flexibility index (Phi) is 4.21. The number of nitrogens with zero attached hydrogens (tertiary/aromatic N) is 1. The first-order chi connectivity index (χ1) is 3.41. The van der Waals surface area contributed by atoms with Gasteiger partial charge in [-0.1, -0.05) is 6.58 Å². The van der Waals surface area contributed by atoms with E-state index in [2.05, 4.69) is 23.6 Å². The highest BCUT2D eigenvalue weighted by Crippen LogP contribution is 1.63. The van der Waals surface area contributed by atoms with Crippen LogP contribution >= 0.6 is 0 Å². The Hall–Kier alpha value is -1.05. The van der Waals surface area contributed by atoms with E-state index in [1.165, 1.54) is 0 Å². The molecule has 0 aliphatic carbocycles. The number of nitrogens with one attached hydrogen (secondary N) is 1. The third-order valence-corrected chi connectivity index (χ3v) is 0.394. The van der Waals surface area contributed by atoms with Gasteiger partial charge in [-0.05, 0) is 12.9 Å². The summed E-state index contributed by atoms with van der Waals surface area (Å²) in [4.78, 5) is 3.43. The first-order valence-electron chi connectivity index (χ1n) is 1.89. The maximum Gasteiger partial charge on any atom is 0.0420 e. The van der Waals surface area contributed by atoms with Gasteiger partial charge in [0.05, 0.1) is 0 Å². The van der Waals surface area contributed by atoms with Gasteiger partial charge in [-0.25, -0.2) is 0 Å². The molecule has 0 heterocycles. The number of hydrogen-bond acceptors (Lipinski definition) is 2. The van der Waals surface area contributed by atoms with Crippen LogP contribution in [-0.2, 0) is 0 Å². The molecule has 0 radical (unpaired) electrons. The van der Waals surface area contributed by atoms with Crippen LogP contribution < -0.4 is 5.32 Å². The van der Waals surface area contributed by atoms with Crippen LogP contribution in [0.5, 0.6) is 0 Å². The lowest BCUT2D eigenvalue weighted by molar-refractivity contribution is 1.19. The molecule has 0 aromatic carbocycles. The largest absolute Gasteiger partial charge is 0.367 e. The van der Waals surface area contributed by atoms with Crippen molar-refractivity contribution >= 4 is 6.72 Å². The summed E-state index contributed by atoms with van der Waals surface area (Å²) in [6.07, 6.45) is 4.74. The van der Waals surface area contributed by atoms with Crippen molar-refractivity contribution in [2.45, 2.75) is 0 Å². The van der Waals surface area contributed by atoms with E-state index in [0.29, 0.717) is 0 Å². The van der Waals surface area contributed by atoms with Gasteiger partial charge in [0.25, 0.3) is 0 Å². The third kappa shape index (κ3) is 4.95. The summed E-state index contributed by atoms with van der Waals surface area (Å²) in [5.74, 6) is 0. The normalized spacial score (nSPS) is 8.57. The van der Waals surface area contributed by atoms with Crippen molar-refractivity contribution in [1.82, 2.24) is 5.32 Å². The van der Waals surface area contributed by atoms with Crippen LogP contribution in [0.1, 0.15) is 0 Å². The number of rotatable bonds is 3. The minimum Gasteiger partial charge on any atom is -0.367 e. The predicted octanol–water partition coefficient (Wildman–Crippen LogP) is 0.891. The molecule has 0 atom stereocenters. The van der Waals surface area contributed by atoms with Crippen LogP contribution in [0.25, 0.3) is 0 Å². The standard InChI is InChI=1S/C5H8N2/c1-3-7-5-4-6-2/h3-5,7H,1-2H2/b5-4-. The summed E-state index contributed by atoms with van der Waals surface area (Å²) in [6, 6.07) is 0. The van der Waals surface area contributed by atoms with Crippen LogP contribution in [-0.4, -0.2) is 6.72 Å². The SMILES string of the molecule is C=CN/C=C\N=C. The second-order valence-electron chi connectivity index (χ2n) is 0.869. The van der Waals surface area contributed by atoms with Gasteiger partial charge < -0.3 is 5.32 Å². The van der Waals surface area contributed by atoms with Gasteiger partial charge in [0.2, 0.25) is 0 Å². The zero-order chi connectivity index (χ0) is 5.54. The maximum absolute atomic E-state index is 3.43. The van der Waals surface area contributed by atoms with Crippen LogP contribution in [0.4, 0.5) is 0 Å². The van der Waals surface area contributed by atoms with Crippen molar-refractivity contribution in [3.05, 3.63) is 25.2 Å². The van der Waals surface area contributed by atoms with Gasteiger partial charge in [0, 0.05) is 12.4 Å². The van der Waals surface area contributed by atoms with Gasteiger partial charge >= 0.3 is 0 Å². The van der Waals surface area contributed by atoms with Gasteiger partial charge in [0.15, 0.2) is 0 Å². The zero-order valence-electron chi connectivity index (χ0n) is 4.09. The second kappa shape index (κ2) is 4.95. The molecule has 7 heavy (non-hydrogen) atoms. The topological polar surface area (TPSA) is 24.4 Å². The molecule has 0 fully saturated rings. The molecule has 0 aromatic rings. The molecule has 0 bridgehead atoms. The molecular weight excluding hydrogens is 88.1 g/mol. The fourth-order valence-electron chi connectivity index (χ4n) is 0.164. The van der Waals surface area contributed by atoms with Crippen molar-refractivity contribution in [1.29, 1.82) is 0 Å². The van der Waals surface area contributed by atoms with Crippen molar-refractivity contribution < 1.29 is 0 Å². The number of hydrogen-bond donors (Lipinski definition) is 1. The minimum absolute atomic E-state index is 1.54. The molecule has 0 saturated heterocycles. The van der Waals surface area contributed by atoms with Crippen molar-refractivity contribution in [3.8, 4) is 0 Å². The molecule has 0 aromatic heterocycles. The highest BCUT2D eigenvalue weighted by molar-refractivity contribution is 5.25. The fraction of sp³-hybridized carbons (Fsp3) is 0. The smallest absolute Gasteiger partial charge is 0.0420 e. The van der Waals surface area contributed by atoms with Crippen LogP contribution in [0.15, 0.2) is 30.2 Å². The van der Waals surface area contributed by atoms with Crippen LogP contribution in [0.3, 0.4) is 0 Å². The van der Waals surface area contributed by atoms with Crippen LogP contribution in [0.2, 0.25) is 0 Å². The highest BCUT2D eigenvalue weighted by atomic mass is 14.8. The van der Waals surface area contributed by atoms with E-state index < -0.39 is 0 Å². The van der Waals surface area contributed by atoms with E-state index in [0.717, 1.165) is 0 Å². The summed E-state index contributed by atoms with van der Waals surface area (Å²) in [5.41, 5.74) is 0. The van der Waals surface area contributed by atoms with Crippen molar-refractivity contribution in [2.75, 3.05) is 0 Å². The fourth-order valence-corrected chi connectivity index (χ4v) is 0.164. The number of aliphatic imine (C=N–C) groups is 1. The Labute approximate surface area is 43.3 Å². The molecule has 0 aliphatic heterocycles. The Balaban J connectivity index is 3.08. The predicted molar refractivity (Wildman–Crippen MR) is 32.0 cm³/mol. The van der Waals surface area contributed by atoms with Gasteiger partial charge in [-0.15, -0.1) is 0 Å². The summed E-state index contributed by atoms with van der Waals surface area (Å²) < 4.78 is 0. The monoisotopic (exact) mass is 96.1 g/mol. The first kappa shape index (κ1) is 5.95. The summed E-state index contributed by atoms with van der Waals surface area (Å²) in [5, 5.41) is 2.70. The average Bonchev–Trinajstić information content (AvgIpc) is 1.69. The molecule has 0 rings (SSSR count). The highest BCUT2D eigenvalue weighted by Gasteiger charge is 1.54. The van der Waals surface area contributed by atoms with Crippen molar-refractivity contribution in [3.63, 3.8) is 0 Å². The van der Waals surface area contributed by atoms with E-state index in [1.54, 1.807) is 18.6 Å². The van der Waals surface area contributed by atoms with Crippen molar-refractivity contribution in [2.24, 2.45) is 4.99 Å². The van der Waals surface area contributed by atoms with Gasteiger partial charge in [0.1, 0.15) is 0 Å². The molecule has 0 spiro atoms. The molecule has 2 nitrogen and oxygen atoms in total. The quantitative estimate of drug-likeness (QED) is 0.518. The third-order valence-electron chi connectivity index (χ3n) is 0.394. The lowest BCUT2D eigenvalue weighted by Crippen LogP contribution is -1.87. The minimum atomic E-state index is 1.54. The summed E-state index contributed by atoms with van der Waals surface area (Å²) >= 11 is 0. The van der Waals surface area contributed by atoms with E-state index in [4.69, 9.17) is 0 Å². The lowest BCUT2D eigenvalue weighted by Gasteiger charge is -1.79. The Morgan fingerprint density at radius 1 is 1.57 bits per heavy atom. The van der Waals surface area contributed by atoms with Crippen LogP contribution in [0, 0.1) is 0 Å². The zero-order valence-corrected chi connectivity index (χ0v) is 4.09. The average molecular weight is 96.1 g/mol. The van der Waals surface area contributed by atoms with E-state index in [1.807, 2.05) is 0 Å². The van der Waals surface area contributed by atoms with E-state index in [-0.39, 0.29) is 0 Å². The maximum atomic E-state index is 3.43. The van der Waals surface area contributed by atoms with E-state index >= 15 is 0 Å². The molecule has 0 saturated carbocycles. The molecular formula is C5H8N2. The molecule has 0 unspecified atom stereocenters. The molecule has 0 amide bonds. The second-order valence-corrected chi connectivity index (χ2v) is 0.869. The Morgan fingerprint density at radius 2 is 2.29 bits per heavy atom. The Morgan fingerprint density at radius 3 is 2.71 bits per heavy atom. The first-order valence-corrected chi connectivity index (χ1v) is 1.89. The summed E-state index contributed by atoms with van der Waals surface area (Å²) in [7, 11) is 0. The van der Waals surface area contributed by atoms with Gasteiger partial charge in [-0.3, -0.25) is 4.99 Å². The molecule has 2 heteroatoms.